The fourth-order valence-electron chi connectivity index (χ4n) is 2.31. The summed E-state index contributed by atoms with van der Waals surface area (Å²) in [4.78, 5) is 6.72. The number of nitrogens with zero attached hydrogens (tertiary/aromatic N) is 4. The van der Waals surface area contributed by atoms with Gasteiger partial charge in [0.25, 0.3) is 0 Å². The molecule has 1 saturated heterocycles. The molecule has 0 amide bonds. The number of rotatable bonds is 4. The van der Waals surface area contributed by atoms with E-state index in [0.717, 1.165) is 32.0 Å². The van der Waals surface area contributed by atoms with Gasteiger partial charge < -0.3 is 5.73 Å². The van der Waals surface area contributed by atoms with Crippen molar-refractivity contribution >= 4 is 0 Å². The smallest absolute Gasteiger partial charge is 0.140 e. The van der Waals surface area contributed by atoms with Crippen LogP contribution in [0.4, 0.5) is 0 Å². The van der Waals surface area contributed by atoms with Crippen molar-refractivity contribution in [1.82, 2.24) is 19.7 Å². The van der Waals surface area contributed by atoms with Crippen LogP contribution in [0.25, 0.3) is 0 Å². The molecule has 2 N–H and O–H groups in total. The van der Waals surface area contributed by atoms with Crippen LogP contribution in [0.5, 0.6) is 0 Å². The lowest BCUT2D eigenvalue weighted by Crippen LogP contribution is -2.30. The Morgan fingerprint density at radius 1 is 1.62 bits per heavy atom. The number of hydrogen-bond donors (Lipinski definition) is 1. The topological polar surface area (TPSA) is 60.0 Å². The summed E-state index contributed by atoms with van der Waals surface area (Å²) in [6, 6.07) is 0.300. The molecule has 2 heterocycles. The van der Waals surface area contributed by atoms with Gasteiger partial charge >= 0.3 is 0 Å². The number of nitrogens with two attached hydrogens (primary N) is 1. The second-order valence-corrected chi connectivity index (χ2v) is 4.64. The van der Waals surface area contributed by atoms with Gasteiger partial charge in [0.1, 0.15) is 12.2 Å². The predicted molar refractivity (Wildman–Crippen MR) is 62.7 cm³/mol. The summed E-state index contributed by atoms with van der Waals surface area (Å²) in [6.45, 7) is 8.20. The Labute approximate surface area is 96.6 Å². The summed E-state index contributed by atoms with van der Waals surface area (Å²) in [6.07, 6.45) is 2.84. The molecule has 0 aromatic carbocycles. The van der Waals surface area contributed by atoms with Gasteiger partial charge in [-0.1, -0.05) is 0 Å². The van der Waals surface area contributed by atoms with Crippen LogP contribution >= 0.6 is 0 Å². The number of hydrogen-bond acceptors (Lipinski definition) is 4. The molecule has 90 valence electrons. The highest BCUT2D eigenvalue weighted by atomic mass is 15.3. The molecule has 5 heteroatoms. The van der Waals surface area contributed by atoms with Gasteiger partial charge in [-0.05, 0) is 32.7 Å². The Morgan fingerprint density at radius 3 is 3.06 bits per heavy atom. The van der Waals surface area contributed by atoms with Crippen molar-refractivity contribution in [2.24, 2.45) is 11.7 Å². The standard InChI is InChI=1S/C11H21N5/c1-3-16-11(13-8-14-16)7-15-5-4-10(6-15)9(2)12/h8-10H,3-7,12H2,1-2H3. The molecule has 1 aliphatic rings. The molecule has 1 fully saturated rings. The lowest BCUT2D eigenvalue weighted by molar-refractivity contribution is 0.294. The minimum absolute atomic E-state index is 0.300. The van der Waals surface area contributed by atoms with E-state index in [0.29, 0.717) is 12.0 Å². The highest BCUT2D eigenvalue weighted by molar-refractivity contribution is 4.88. The minimum Gasteiger partial charge on any atom is -0.328 e. The van der Waals surface area contributed by atoms with Crippen LogP contribution in [-0.4, -0.2) is 38.8 Å². The third-order valence-electron chi connectivity index (χ3n) is 3.41. The third kappa shape index (κ3) is 2.41. The van der Waals surface area contributed by atoms with Crippen LogP contribution in [0, 0.1) is 5.92 Å². The van der Waals surface area contributed by atoms with Gasteiger partial charge in [-0.15, -0.1) is 0 Å². The average Bonchev–Trinajstić information content (AvgIpc) is 2.87. The zero-order valence-electron chi connectivity index (χ0n) is 10.1. The molecule has 0 saturated carbocycles. The molecular formula is C11H21N5. The molecule has 1 aliphatic heterocycles. The minimum atomic E-state index is 0.300. The highest BCUT2D eigenvalue weighted by Gasteiger charge is 2.25. The van der Waals surface area contributed by atoms with Crippen molar-refractivity contribution in [2.45, 2.75) is 39.4 Å². The zero-order valence-corrected chi connectivity index (χ0v) is 10.1. The van der Waals surface area contributed by atoms with E-state index < -0.39 is 0 Å². The van der Waals surface area contributed by atoms with Gasteiger partial charge in [-0.25, -0.2) is 9.67 Å². The van der Waals surface area contributed by atoms with Gasteiger partial charge in [0.2, 0.25) is 0 Å². The van der Waals surface area contributed by atoms with Crippen molar-refractivity contribution in [3.8, 4) is 0 Å². The maximum atomic E-state index is 5.93. The first kappa shape index (κ1) is 11.5. The summed E-state index contributed by atoms with van der Waals surface area (Å²) < 4.78 is 1.96. The molecule has 0 spiro atoms. The second kappa shape index (κ2) is 4.93. The molecule has 0 bridgehead atoms. The Hall–Kier alpha value is -0.940. The van der Waals surface area contributed by atoms with E-state index in [4.69, 9.17) is 5.73 Å². The van der Waals surface area contributed by atoms with Crippen molar-refractivity contribution in [2.75, 3.05) is 13.1 Å². The average molecular weight is 223 g/mol. The Morgan fingerprint density at radius 2 is 2.44 bits per heavy atom. The number of aryl methyl sites for hydroxylation is 1. The molecular weight excluding hydrogens is 202 g/mol. The molecule has 0 aliphatic carbocycles. The first-order chi connectivity index (χ1) is 7.70. The summed E-state index contributed by atoms with van der Waals surface area (Å²) in [5, 5.41) is 4.19. The van der Waals surface area contributed by atoms with E-state index >= 15 is 0 Å². The van der Waals surface area contributed by atoms with Gasteiger partial charge in [-0.3, -0.25) is 4.90 Å². The highest BCUT2D eigenvalue weighted by Crippen LogP contribution is 2.19. The van der Waals surface area contributed by atoms with Crippen LogP contribution in [-0.2, 0) is 13.1 Å². The quantitative estimate of drug-likeness (QED) is 0.806. The van der Waals surface area contributed by atoms with E-state index in [1.165, 1.54) is 6.42 Å². The normalized spacial score (nSPS) is 23.8. The van der Waals surface area contributed by atoms with E-state index in [1.54, 1.807) is 6.33 Å². The lowest BCUT2D eigenvalue weighted by atomic mass is 10.0. The van der Waals surface area contributed by atoms with E-state index in [1.807, 2.05) is 4.68 Å². The van der Waals surface area contributed by atoms with Crippen LogP contribution in [0.3, 0.4) is 0 Å². The van der Waals surface area contributed by atoms with Crippen LogP contribution < -0.4 is 5.73 Å². The molecule has 16 heavy (non-hydrogen) atoms. The fraction of sp³-hybridized carbons (Fsp3) is 0.818. The molecule has 5 nitrogen and oxygen atoms in total. The Kier molecular flexibility index (Phi) is 3.56. The van der Waals surface area contributed by atoms with Crippen LogP contribution in [0.1, 0.15) is 26.1 Å². The molecule has 2 atom stereocenters. The Bertz CT molecular complexity index is 333. The van der Waals surface area contributed by atoms with Crippen molar-refractivity contribution < 1.29 is 0 Å². The fourth-order valence-corrected chi connectivity index (χ4v) is 2.31. The van der Waals surface area contributed by atoms with Gasteiger partial charge in [0.15, 0.2) is 0 Å². The van der Waals surface area contributed by atoms with Crippen molar-refractivity contribution in [3.05, 3.63) is 12.2 Å². The number of aromatic nitrogens is 3. The summed E-state index contributed by atoms with van der Waals surface area (Å²) in [7, 11) is 0. The van der Waals surface area contributed by atoms with E-state index in [2.05, 4.69) is 28.8 Å². The maximum absolute atomic E-state index is 5.93. The van der Waals surface area contributed by atoms with E-state index in [-0.39, 0.29) is 0 Å². The van der Waals surface area contributed by atoms with E-state index in [9.17, 15) is 0 Å². The maximum Gasteiger partial charge on any atom is 0.140 e. The second-order valence-electron chi connectivity index (χ2n) is 4.64. The first-order valence-electron chi connectivity index (χ1n) is 6.05. The van der Waals surface area contributed by atoms with Gasteiger partial charge in [-0.2, -0.15) is 5.10 Å². The first-order valence-corrected chi connectivity index (χ1v) is 6.05. The molecule has 0 radical (unpaired) electrons. The van der Waals surface area contributed by atoms with Crippen LogP contribution in [0.2, 0.25) is 0 Å². The predicted octanol–water partition coefficient (Wildman–Crippen LogP) is 0.467. The summed E-state index contributed by atoms with van der Waals surface area (Å²) in [5.74, 6) is 1.70. The van der Waals surface area contributed by atoms with Crippen molar-refractivity contribution in [3.63, 3.8) is 0 Å². The Balaban J connectivity index is 1.92. The molecule has 2 rings (SSSR count). The van der Waals surface area contributed by atoms with Gasteiger partial charge in [0.05, 0.1) is 6.54 Å². The SMILES string of the molecule is CCn1ncnc1CN1CCC(C(C)N)C1. The monoisotopic (exact) mass is 223 g/mol. The molecule has 1 aromatic rings. The van der Waals surface area contributed by atoms with Gasteiger partial charge in [0, 0.05) is 19.1 Å². The number of likely N-dealkylation sites (tertiary alicyclic amines) is 1. The third-order valence-corrected chi connectivity index (χ3v) is 3.41. The molecule has 2 unspecified atom stereocenters. The zero-order chi connectivity index (χ0) is 11.5. The molecule has 1 aromatic heterocycles. The van der Waals surface area contributed by atoms with Crippen LogP contribution in [0.15, 0.2) is 6.33 Å². The summed E-state index contributed by atoms with van der Waals surface area (Å²) >= 11 is 0. The largest absolute Gasteiger partial charge is 0.328 e. The summed E-state index contributed by atoms with van der Waals surface area (Å²) in [5.41, 5.74) is 5.93. The lowest BCUT2D eigenvalue weighted by Gasteiger charge is -2.17. The van der Waals surface area contributed by atoms with Crippen molar-refractivity contribution in [1.29, 1.82) is 0 Å².